The number of nitrogens with one attached hydrogen (secondary N) is 1. The number of anilines is 1. The van der Waals surface area contributed by atoms with Crippen molar-refractivity contribution in [1.82, 2.24) is 4.57 Å². The molecule has 1 amide bonds. The Labute approximate surface area is 128 Å². The maximum absolute atomic E-state index is 12.6. The van der Waals surface area contributed by atoms with Gasteiger partial charge in [-0.3, -0.25) is 4.79 Å². The lowest BCUT2D eigenvalue weighted by atomic mass is 10.1. The summed E-state index contributed by atoms with van der Waals surface area (Å²) in [6.07, 6.45) is 0. The Morgan fingerprint density at radius 1 is 1.14 bits per heavy atom. The normalized spacial score (nSPS) is 10.4. The van der Waals surface area contributed by atoms with Crippen molar-refractivity contribution in [1.29, 1.82) is 5.26 Å². The van der Waals surface area contributed by atoms with Gasteiger partial charge in [-0.25, -0.2) is 0 Å². The van der Waals surface area contributed by atoms with Crippen molar-refractivity contribution >= 4 is 22.5 Å². The molecule has 1 aromatic heterocycles. The lowest BCUT2D eigenvalue weighted by Crippen LogP contribution is -2.16. The molecule has 0 fully saturated rings. The van der Waals surface area contributed by atoms with Crippen molar-refractivity contribution in [3.8, 4) is 6.07 Å². The molecule has 1 N–H and O–H groups in total. The van der Waals surface area contributed by atoms with Crippen LogP contribution in [0.15, 0.2) is 48.5 Å². The second kappa shape index (κ2) is 5.38. The number of aryl methyl sites for hydroxylation is 2. The van der Waals surface area contributed by atoms with Crippen LogP contribution >= 0.6 is 0 Å². The van der Waals surface area contributed by atoms with Crippen LogP contribution in [0.25, 0.3) is 10.9 Å². The molecule has 0 aliphatic rings. The summed E-state index contributed by atoms with van der Waals surface area (Å²) in [5.41, 5.74) is 3.88. The molecule has 0 aliphatic carbocycles. The van der Waals surface area contributed by atoms with E-state index in [0.717, 1.165) is 16.5 Å². The molecule has 0 saturated carbocycles. The van der Waals surface area contributed by atoms with Crippen LogP contribution in [0.4, 0.5) is 5.69 Å². The van der Waals surface area contributed by atoms with Crippen LogP contribution in [0.3, 0.4) is 0 Å². The second-order valence-electron chi connectivity index (χ2n) is 5.19. The lowest BCUT2D eigenvalue weighted by Gasteiger charge is -2.08. The largest absolute Gasteiger partial charge is 0.339 e. The zero-order valence-electron chi connectivity index (χ0n) is 12.4. The zero-order chi connectivity index (χ0) is 15.7. The number of rotatable bonds is 2. The number of para-hydroxylation sites is 1. The SMILES string of the molecule is Cc1c(C(=O)Nc2ccc(C#N)cc2)n(C)c2ccccc12. The summed E-state index contributed by atoms with van der Waals surface area (Å²) < 4.78 is 1.91. The molecular formula is C18H15N3O. The van der Waals surface area contributed by atoms with E-state index in [1.165, 1.54) is 0 Å². The van der Waals surface area contributed by atoms with Crippen LogP contribution in [0.1, 0.15) is 21.6 Å². The Kier molecular flexibility index (Phi) is 3.40. The van der Waals surface area contributed by atoms with Gasteiger partial charge in [0.05, 0.1) is 11.6 Å². The fourth-order valence-electron chi connectivity index (χ4n) is 2.72. The number of nitriles is 1. The molecule has 108 valence electrons. The number of carbonyl (C=O) groups excluding carboxylic acids is 1. The monoisotopic (exact) mass is 289 g/mol. The van der Waals surface area contributed by atoms with Gasteiger partial charge in [-0.1, -0.05) is 18.2 Å². The molecular weight excluding hydrogens is 274 g/mol. The molecule has 0 atom stereocenters. The van der Waals surface area contributed by atoms with E-state index in [2.05, 4.69) is 11.4 Å². The Balaban J connectivity index is 1.97. The molecule has 22 heavy (non-hydrogen) atoms. The number of fused-ring (bicyclic) bond motifs is 1. The first-order valence-electron chi connectivity index (χ1n) is 6.97. The quantitative estimate of drug-likeness (QED) is 0.783. The minimum atomic E-state index is -0.152. The molecule has 2 aromatic carbocycles. The van der Waals surface area contributed by atoms with E-state index in [-0.39, 0.29) is 5.91 Å². The van der Waals surface area contributed by atoms with Gasteiger partial charge >= 0.3 is 0 Å². The highest BCUT2D eigenvalue weighted by molar-refractivity contribution is 6.08. The summed E-state index contributed by atoms with van der Waals surface area (Å²) >= 11 is 0. The van der Waals surface area contributed by atoms with Crippen LogP contribution in [-0.2, 0) is 7.05 Å². The first-order chi connectivity index (χ1) is 10.6. The average Bonchev–Trinajstić information content (AvgIpc) is 2.80. The van der Waals surface area contributed by atoms with E-state index in [9.17, 15) is 4.79 Å². The van der Waals surface area contributed by atoms with Gasteiger partial charge in [-0.15, -0.1) is 0 Å². The summed E-state index contributed by atoms with van der Waals surface area (Å²) in [6, 6.07) is 16.8. The highest BCUT2D eigenvalue weighted by atomic mass is 16.1. The molecule has 0 saturated heterocycles. The average molecular weight is 289 g/mol. The summed E-state index contributed by atoms with van der Waals surface area (Å²) in [5.74, 6) is -0.152. The van der Waals surface area contributed by atoms with E-state index in [4.69, 9.17) is 5.26 Å². The summed E-state index contributed by atoms with van der Waals surface area (Å²) in [6.45, 7) is 1.95. The van der Waals surface area contributed by atoms with E-state index in [1.54, 1.807) is 24.3 Å². The standard InChI is InChI=1S/C18H15N3O/c1-12-15-5-3-4-6-16(15)21(2)17(12)18(22)20-14-9-7-13(11-19)8-10-14/h3-10H,1-2H3,(H,20,22). The Morgan fingerprint density at radius 3 is 2.45 bits per heavy atom. The number of benzene rings is 2. The number of hydrogen-bond donors (Lipinski definition) is 1. The second-order valence-corrected chi connectivity index (χ2v) is 5.19. The Morgan fingerprint density at radius 2 is 1.82 bits per heavy atom. The first kappa shape index (κ1) is 13.9. The van der Waals surface area contributed by atoms with Gasteiger partial charge in [-0.05, 0) is 42.8 Å². The number of hydrogen-bond acceptors (Lipinski definition) is 2. The summed E-state index contributed by atoms with van der Waals surface area (Å²) in [5, 5.41) is 12.8. The fourth-order valence-corrected chi connectivity index (χ4v) is 2.72. The van der Waals surface area contributed by atoms with Gasteiger partial charge in [-0.2, -0.15) is 5.26 Å². The fraction of sp³-hybridized carbons (Fsp3) is 0.111. The van der Waals surface area contributed by atoms with Crippen molar-refractivity contribution < 1.29 is 4.79 Å². The van der Waals surface area contributed by atoms with Crippen molar-refractivity contribution in [2.45, 2.75) is 6.92 Å². The number of aromatic nitrogens is 1. The minimum absolute atomic E-state index is 0.152. The predicted molar refractivity (Wildman–Crippen MR) is 86.8 cm³/mol. The maximum atomic E-state index is 12.6. The van der Waals surface area contributed by atoms with Gasteiger partial charge < -0.3 is 9.88 Å². The highest BCUT2D eigenvalue weighted by Gasteiger charge is 2.17. The molecule has 0 aliphatic heterocycles. The summed E-state index contributed by atoms with van der Waals surface area (Å²) in [4.78, 5) is 12.6. The van der Waals surface area contributed by atoms with Crippen molar-refractivity contribution in [3.63, 3.8) is 0 Å². The Hall–Kier alpha value is -3.06. The molecule has 0 unspecified atom stereocenters. The molecule has 0 bridgehead atoms. The Bertz CT molecular complexity index is 859. The van der Waals surface area contributed by atoms with Gasteiger partial charge in [0.25, 0.3) is 5.91 Å². The molecule has 0 radical (unpaired) electrons. The number of nitrogens with zero attached hydrogens (tertiary/aromatic N) is 2. The topological polar surface area (TPSA) is 57.8 Å². The van der Waals surface area contributed by atoms with Crippen LogP contribution < -0.4 is 5.32 Å². The number of amides is 1. The van der Waals surface area contributed by atoms with Gasteiger partial charge in [0.15, 0.2) is 0 Å². The summed E-state index contributed by atoms with van der Waals surface area (Å²) in [7, 11) is 1.89. The maximum Gasteiger partial charge on any atom is 0.272 e. The van der Waals surface area contributed by atoms with E-state index in [1.807, 2.05) is 42.8 Å². The first-order valence-corrected chi connectivity index (χ1v) is 6.97. The highest BCUT2D eigenvalue weighted by Crippen LogP contribution is 2.25. The van der Waals surface area contributed by atoms with E-state index in [0.29, 0.717) is 16.9 Å². The zero-order valence-corrected chi connectivity index (χ0v) is 12.4. The molecule has 3 aromatic rings. The third-order valence-electron chi connectivity index (χ3n) is 3.85. The smallest absolute Gasteiger partial charge is 0.272 e. The molecule has 4 nitrogen and oxygen atoms in total. The van der Waals surface area contributed by atoms with Crippen molar-refractivity contribution in [3.05, 3.63) is 65.4 Å². The van der Waals surface area contributed by atoms with Crippen LogP contribution in [0, 0.1) is 18.3 Å². The molecule has 1 heterocycles. The predicted octanol–water partition coefficient (Wildman–Crippen LogP) is 3.61. The lowest BCUT2D eigenvalue weighted by molar-refractivity contribution is 0.101. The van der Waals surface area contributed by atoms with Crippen molar-refractivity contribution in [2.24, 2.45) is 7.05 Å². The van der Waals surface area contributed by atoms with Gasteiger partial charge in [0.1, 0.15) is 5.69 Å². The van der Waals surface area contributed by atoms with Gasteiger partial charge in [0.2, 0.25) is 0 Å². The molecule has 4 heteroatoms. The van der Waals surface area contributed by atoms with Crippen LogP contribution in [0.5, 0.6) is 0 Å². The van der Waals surface area contributed by atoms with E-state index >= 15 is 0 Å². The third-order valence-corrected chi connectivity index (χ3v) is 3.85. The molecule has 3 rings (SSSR count). The van der Waals surface area contributed by atoms with Crippen LogP contribution in [0.2, 0.25) is 0 Å². The van der Waals surface area contributed by atoms with Gasteiger partial charge in [0, 0.05) is 23.6 Å². The third kappa shape index (κ3) is 2.23. The molecule has 0 spiro atoms. The van der Waals surface area contributed by atoms with Crippen LogP contribution in [-0.4, -0.2) is 10.5 Å². The minimum Gasteiger partial charge on any atom is -0.339 e. The van der Waals surface area contributed by atoms with E-state index < -0.39 is 0 Å². The van der Waals surface area contributed by atoms with Crippen molar-refractivity contribution in [2.75, 3.05) is 5.32 Å². The number of carbonyl (C=O) groups is 1.